The predicted molar refractivity (Wildman–Crippen MR) is 134 cm³/mol. The van der Waals surface area contributed by atoms with Gasteiger partial charge in [0.05, 0.1) is 17.8 Å². The third-order valence-electron chi connectivity index (χ3n) is 5.68. The number of hydrogen-bond donors (Lipinski definition) is 2. The van der Waals surface area contributed by atoms with Gasteiger partial charge in [0.2, 0.25) is 5.91 Å². The van der Waals surface area contributed by atoms with Gasteiger partial charge in [-0.1, -0.05) is 24.3 Å². The number of carbonyl (C=O) groups excluding carboxylic acids is 1. The smallest absolute Gasteiger partial charge is 0.221 e. The van der Waals surface area contributed by atoms with Gasteiger partial charge in [-0.25, -0.2) is 0 Å². The Labute approximate surface area is 197 Å². The van der Waals surface area contributed by atoms with Crippen molar-refractivity contribution in [3.63, 3.8) is 0 Å². The summed E-state index contributed by atoms with van der Waals surface area (Å²) in [5.41, 5.74) is 4.83. The highest BCUT2D eigenvalue weighted by atomic mass is 32.1. The van der Waals surface area contributed by atoms with E-state index in [0.29, 0.717) is 5.11 Å². The van der Waals surface area contributed by atoms with Crippen LogP contribution >= 0.6 is 12.2 Å². The van der Waals surface area contributed by atoms with Crippen molar-refractivity contribution in [1.82, 2.24) is 14.9 Å². The SMILES string of the molecule is CC(=O)Nc1ccc(N2C(=S)N[C@H](c3ccccn3)[C@@H]2c2ccn(-c3ccccc3)c2)cc1. The Morgan fingerprint density at radius 1 is 0.970 bits per heavy atom. The summed E-state index contributed by atoms with van der Waals surface area (Å²) < 4.78 is 2.12. The molecule has 0 unspecified atom stereocenters. The lowest BCUT2D eigenvalue weighted by Crippen LogP contribution is -2.29. The van der Waals surface area contributed by atoms with Crippen molar-refractivity contribution in [2.24, 2.45) is 0 Å². The molecule has 6 nitrogen and oxygen atoms in total. The summed E-state index contributed by atoms with van der Waals surface area (Å²) in [5, 5.41) is 6.93. The molecule has 1 saturated heterocycles. The molecule has 1 aliphatic rings. The summed E-state index contributed by atoms with van der Waals surface area (Å²) in [6, 6.07) is 25.8. The third-order valence-corrected chi connectivity index (χ3v) is 5.99. The number of benzene rings is 2. The van der Waals surface area contributed by atoms with Crippen LogP contribution < -0.4 is 15.5 Å². The summed E-state index contributed by atoms with van der Waals surface area (Å²) in [7, 11) is 0. The molecule has 3 heterocycles. The van der Waals surface area contributed by atoms with E-state index in [-0.39, 0.29) is 18.0 Å². The van der Waals surface area contributed by atoms with Crippen LogP contribution in [-0.2, 0) is 4.79 Å². The molecule has 0 bridgehead atoms. The van der Waals surface area contributed by atoms with E-state index in [1.54, 1.807) is 6.20 Å². The Balaban J connectivity index is 1.55. The van der Waals surface area contributed by atoms with E-state index in [2.05, 4.69) is 55.7 Å². The van der Waals surface area contributed by atoms with Gasteiger partial charge in [-0.3, -0.25) is 9.78 Å². The molecule has 2 atom stereocenters. The van der Waals surface area contributed by atoms with Crippen LogP contribution in [0.2, 0.25) is 0 Å². The number of thiocarbonyl (C=S) groups is 1. The van der Waals surface area contributed by atoms with Crippen molar-refractivity contribution in [1.29, 1.82) is 0 Å². The van der Waals surface area contributed by atoms with Crippen molar-refractivity contribution in [2.75, 3.05) is 10.2 Å². The van der Waals surface area contributed by atoms with E-state index in [4.69, 9.17) is 12.2 Å². The highest BCUT2D eigenvalue weighted by molar-refractivity contribution is 7.80. The average Bonchev–Trinajstić information content (AvgIpc) is 3.45. The van der Waals surface area contributed by atoms with Crippen molar-refractivity contribution >= 4 is 34.6 Å². The van der Waals surface area contributed by atoms with E-state index in [0.717, 1.165) is 28.3 Å². The first-order chi connectivity index (χ1) is 16.1. The minimum absolute atomic E-state index is 0.0935. The van der Waals surface area contributed by atoms with Crippen LogP contribution in [0.15, 0.2) is 97.5 Å². The average molecular weight is 454 g/mol. The molecule has 4 aromatic rings. The van der Waals surface area contributed by atoms with Crippen LogP contribution in [0.25, 0.3) is 5.69 Å². The predicted octanol–water partition coefficient (Wildman–Crippen LogP) is 5.01. The molecule has 0 saturated carbocycles. The minimum atomic E-state index is -0.111. The molecule has 2 N–H and O–H groups in total. The number of hydrogen-bond acceptors (Lipinski definition) is 3. The number of nitrogens with one attached hydrogen (secondary N) is 2. The molecule has 7 heteroatoms. The maximum absolute atomic E-state index is 11.4. The van der Waals surface area contributed by atoms with E-state index in [9.17, 15) is 4.79 Å². The van der Waals surface area contributed by atoms with Gasteiger partial charge in [-0.2, -0.15) is 0 Å². The number of pyridine rings is 1. The highest BCUT2D eigenvalue weighted by Crippen LogP contribution is 2.42. The quantitative estimate of drug-likeness (QED) is 0.416. The molecule has 1 fully saturated rings. The van der Waals surface area contributed by atoms with Crippen LogP contribution in [0.4, 0.5) is 11.4 Å². The van der Waals surface area contributed by atoms with Crippen LogP contribution in [0.1, 0.15) is 30.3 Å². The van der Waals surface area contributed by atoms with Gasteiger partial charge in [0.25, 0.3) is 0 Å². The molecule has 0 aliphatic carbocycles. The van der Waals surface area contributed by atoms with Gasteiger partial charge in [0, 0.05) is 42.6 Å². The summed E-state index contributed by atoms with van der Waals surface area (Å²) in [6.45, 7) is 1.50. The van der Waals surface area contributed by atoms with Crippen LogP contribution in [0.5, 0.6) is 0 Å². The zero-order chi connectivity index (χ0) is 22.8. The molecule has 0 radical (unpaired) electrons. The van der Waals surface area contributed by atoms with Gasteiger partial charge in [-0.05, 0) is 72.4 Å². The first kappa shape index (κ1) is 20.9. The number of anilines is 2. The van der Waals surface area contributed by atoms with Gasteiger partial charge in [0.15, 0.2) is 5.11 Å². The van der Waals surface area contributed by atoms with Crippen LogP contribution in [0, 0.1) is 0 Å². The van der Waals surface area contributed by atoms with Crippen molar-refractivity contribution in [2.45, 2.75) is 19.0 Å². The van der Waals surface area contributed by atoms with Gasteiger partial charge < -0.3 is 20.1 Å². The third kappa shape index (κ3) is 4.23. The zero-order valence-electron chi connectivity index (χ0n) is 18.1. The Morgan fingerprint density at radius 2 is 1.73 bits per heavy atom. The van der Waals surface area contributed by atoms with Crippen LogP contribution in [-0.4, -0.2) is 20.6 Å². The van der Waals surface area contributed by atoms with Gasteiger partial charge in [0.1, 0.15) is 0 Å². The fourth-order valence-electron chi connectivity index (χ4n) is 4.23. The Morgan fingerprint density at radius 3 is 2.42 bits per heavy atom. The molecule has 2 aromatic carbocycles. The first-order valence-electron chi connectivity index (χ1n) is 10.7. The van der Waals surface area contributed by atoms with Gasteiger partial charge >= 0.3 is 0 Å². The highest BCUT2D eigenvalue weighted by Gasteiger charge is 2.41. The lowest BCUT2D eigenvalue weighted by Gasteiger charge is -2.27. The largest absolute Gasteiger partial charge is 0.351 e. The first-order valence-corrected chi connectivity index (χ1v) is 11.1. The van der Waals surface area contributed by atoms with E-state index in [1.165, 1.54) is 6.92 Å². The second-order valence-electron chi connectivity index (χ2n) is 7.91. The monoisotopic (exact) mass is 453 g/mol. The molecular formula is C26H23N5OS. The number of nitrogens with zero attached hydrogens (tertiary/aromatic N) is 3. The number of amides is 1. The molecular weight excluding hydrogens is 430 g/mol. The number of rotatable bonds is 5. The normalized spacial score (nSPS) is 17.6. The maximum atomic E-state index is 11.4. The van der Waals surface area contributed by atoms with Crippen LogP contribution in [0.3, 0.4) is 0 Å². The zero-order valence-corrected chi connectivity index (χ0v) is 18.9. The molecule has 164 valence electrons. The summed E-state index contributed by atoms with van der Waals surface area (Å²) in [4.78, 5) is 18.1. The topological polar surface area (TPSA) is 62.2 Å². The van der Waals surface area contributed by atoms with E-state index >= 15 is 0 Å². The molecule has 0 spiro atoms. The minimum Gasteiger partial charge on any atom is -0.351 e. The van der Waals surface area contributed by atoms with Crippen molar-refractivity contribution in [3.05, 3.63) is 109 Å². The summed E-state index contributed by atoms with van der Waals surface area (Å²) in [6.07, 6.45) is 6.01. The number of para-hydroxylation sites is 1. The molecule has 5 rings (SSSR count). The Bertz CT molecular complexity index is 1270. The number of carbonyl (C=O) groups is 1. The summed E-state index contributed by atoms with van der Waals surface area (Å²) >= 11 is 5.79. The molecule has 1 amide bonds. The second kappa shape index (κ2) is 8.88. The number of aromatic nitrogens is 2. The fourth-order valence-corrected chi connectivity index (χ4v) is 4.58. The molecule has 33 heavy (non-hydrogen) atoms. The molecule has 2 aromatic heterocycles. The van der Waals surface area contributed by atoms with E-state index < -0.39 is 0 Å². The fraction of sp³-hybridized carbons (Fsp3) is 0.115. The van der Waals surface area contributed by atoms with Crippen molar-refractivity contribution < 1.29 is 4.79 Å². The lowest BCUT2D eigenvalue weighted by atomic mass is 9.98. The Kier molecular flexibility index (Phi) is 5.62. The molecule has 1 aliphatic heterocycles. The standard InChI is InChI=1S/C26H23N5OS/c1-18(32)28-20-10-12-22(13-11-20)31-25(24(29-26(31)33)23-9-5-6-15-27-23)19-14-16-30(17-19)21-7-3-2-4-8-21/h2-17,24-25H,1H3,(H,28,32)(H,29,33)/t24-,25+/m1/s1. The van der Waals surface area contributed by atoms with E-state index in [1.807, 2.05) is 60.7 Å². The Hall–Kier alpha value is -3.97. The second-order valence-corrected chi connectivity index (χ2v) is 8.30. The van der Waals surface area contributed by atoms with Crippen molar-refractivity contribution in [3.8, 4) is 5.69 Å². The maximum Gasteiger partial charge on any atom is 0.221 e. The lowest BCUT2D eigenvalue weighted by molar-refractivity contribution is -0.114. The van der Waals surface area contributed by atoms with Gasteiger partial charge in [-0.15, -0.1) is 0 Å². The summed E-state index contributed by atoms with van der Waals surface area (Å²) in [5.74, 6) is -0.101.